The summed E-state index contributed by atoms with van der Waals surface area (Å²) in [5.74, 6) is -0.383. The minimum absolute atomic E-state index is 0.0848. The average molecular weight is 565 g/mol. The maximum Gasteiger partial charge on any atom is 0.323 e. The van der Waals surface area contributed by atoms with E-state index in [0.717, 1.165) is 56.2 Å². The summed E-state index contributed by atoms with van der Waals surface area (Å²) in [6, 6.07) is 24.5. The van der Waals surface area contributed by atoms with Gasteiger partial charge in [-0.3, -0.25) is 9.59 Å². The maximum absolute atomic E-state index is 14.2. The smallest absolute Gasteiger partial charge is 0.323 e. The Morgan fingerprint density at radius 2 is 1.83 bits per heavy atom. The molecule has 1 atom stereocenters. The zero-order chi connectivity index (χ0) is 29.2. The third-order valence-corrected chi connectivity index (χ3v) is 8.44. The topological polar surface area (TPSA) is 80.6 Å². The van der Waals surface area contributed by atoms with Crippen LogP contribution in [0.1, 0.15) is 45.6 Å². The monoisotopic (exact) mass is 564 g/mol. The third-order valence-electron chi connectivity index (χ3n) is 8.44. The normalized spacial score (nSPS) is 14.7. The Kier molecular flexibility index (Phi) is 7.76. The van der Waals surface area contributed by atoms with Gasteiger partial charge < -0.3 is 19.7 Å². The molecule has 1 aromatic heterocycles. The summed E-state index contributed by atoms with van der Waals surface area (Å²) in [7, 11) is 1.64. The number of halogens is 1. The van der Waals surface area contributed by atoms with Crippen molar-refractivity contribution in [3.63, 3.8) is 0 Å². The number of aromatic nitrogens is 1. The van der Waals surface area contributed by atoms with Crippen molar-refractivity contribution in [3.8, 4) is 5.75 Å². The number of nitrogens with zero attached hydrogens (tertiary/aromatic N) is 1. The lowest BCUT2D eigenvalue weighted by Crippen LogP contribution is -2.35. The Bertz CT molecular complexity index is 1810. The first-order valence-electron chi connectivity index (χ1n) is 14.3. The van der Waals surface area contributed by atoms with Crippen LogP contribution in [0, 0.1) is 5.82 Å². The molecule has 1 unspecified atom stereocenters. The largest absolute Gasteiger partial charge is 0.496 e. The molecule has 7 heteroatoms. The zero-order valence-electron chi connectivity index (χ0n) is 23.5. The number of para-hydroxylation sites is 1. The number of hydrogen-bond acceptors (Lipinski definition) is 4. The molecule has 4 aromatic carbocycles. The molecule has 0 saturated carbocycles. The molecule has 0 radical (unpaired) electrons. The Labute approximate surface area is 243 Å². The van der Waals surface area contributed by atoms with Gasteiger partial charge in [-0.1, -0.05) is 54.6 Å². The molecule has 2 N–H and O–H groups in total. The number of Topliss-reactive ketones (excluding diaryl/α,β-unsaturated/α-hetero) is 1. The third kappa shape index (κ3) is 5.40. The number of benzene rings is 4. The fraction of sp³-hybridized carbons (Fsp3) is 0.257. The molecule has 1 aliphatic rings. The molecule has 214 valence electrons. The zero-order valence-corrected chi connectivity index (χ0v) is 23.5. The molecule has 0 bridgehead atoms. The van der Waals surface area contributed by atoms with Gasteiger partial charge in [-0.25, -0.2) is 4.39 Å². The van der Waals surface area contributed by atoms with E-state index in [1.807, 2.05) is 53.1 Å². The molecule has 5 aromatic rings. The Hall–Kier alpha value is -4.49. The molecular formula is C35H33FN2O4. The molecule has 1 heterocycles. The second-order valence-electron chi connectivity index (χ2n) is 10.9. The van der Waals surface area contributed by atoms with Crippen LogP contribution in [0.5, 0.6) is 5.75 Å². The van der Waals surface area contributed by atoms with Crippen molar-refractivity contribution in [2.45, 2.75) is 51.2 Å². The van der Waals surface area contributed by atoms with Crippen molar-refractivity contribution < 1.29 is 23.8 Å². The second kappa shape index (κ2) is 11.8. The van der Waals surface area contributed by atoms with Crippen LogP contribution in [-0.4, -0.2) is 34.6 Å². The van der Waals surface area contributed by atoms with Crippen molar-refractivity contribution in [1.29, 1.82) is 0 Å². The molecule has 0 saturated heterocycles. The number of ketones is 1. The highest BCUT2D eigenvalue weighted by atomic mass is 19.1. The van der Waals surface area contributed by atoms with E-state index >= 15 is 0 Å². The lowest BCUT2D eigenvalue weighted by molar-refractivity contribution is -0.137. The van der Waals surface area contributed by atoms with Gasteiger partial charge in [0.15, 0.2) is 5.78 Å². The van der Waals surface area contributed by atoms with E-state index in [9.17, 15) is 19.1 Å². The lowest BCUT2D eigenvalue weighted by Gasteiger charge is -2.26. The molecule has 0 spiro atoms. The van der Waals surface area contributed by atoms with Gasteiger partial charge >= 0.3 is 5.97 Å². The van der Waals surface area contributed by atoms with Crippen LogP contribution in [0.3, 0.4) is 0 Å². The van der Waals surface area contributed by atoms with E-state index in [2.05, 4.69) is 17.4 Å². The van der Waals surface area contributed by atoms with Gasteiger partial charge in [-0.05, 0) is 77.4 Å². The van der Waals surface area contributed by atoms with E-state index in [1.165, 1.54) is 12.1 Å². The number of carbonyl (C=O) groups is 2. The number of nitrogens with one attached hydrogen (secondary N) is 1. The lowest BCUT2D eigenvalue weighted by atomic mass is 9.90. The quantitative estimate of drug-likeness (QED) is 0.190. The van der Waals surface area contributed by atoms with Gasteiger partial charge in [0.1, 0.15) is 18.1 Å². The highest BCUT2D eigenvalue weighted by molar-refractivity contribution is 6.02. The molecule has 42 heavy (non-hydrogen) atoms. The molecule has 0 aliphatic heterocycles. The second-order valence-corrected chi connectivity index (χ2v) is 10.9. The first kappa shape index (κ1) is 27.7. The summed E-state index contributed by atoms with van der Waals surface area (Å²) >= 11 is 0. The SMILES string of the molecule is COc1ccccc1CCC(=O)c1ccc2ccccc2c1CNC1CCc2c(c3cc(F)ccc3n2CC(=O)O)C1. The summed E-state index contributed by atoms with van der Waals surface area (Å²) in [5.41, 5.74) is 5.41. The van der Waals surface area contributed by atoms with E-state index in [-0.39, 0.29) is 24.2 Å². The maximum atomic E-state index is 14.2. The molecule has 6 rings (SSSR count). The van der Waals surface area contributed by atoms with E-state index in [1.54, 1.807) is 13.2 Å². The van der Waals surface area contributed by atoms with E-state index in [0.29, 0.717) is 37.8 Å². The standard InChI is InChI=1S/C35H33FN2O4/c1-42-34-9-5-3-7-23(34)11-17-33(39)27-14-10-22-6-2-4-8-26(22)30(27)20-37-25-13-16-32-29(19-25)28-18-24(36)12-15-31(28)38(32)21-35(40)41/h2-10,12,14-15,18,25,37H,11,13,16-17,19-21H2,1H3,(H,40,41). The minimum atomic E-state index is -0.918. The van der Waals surface area contributed by atoms with Crippen LogP contribution in [0.15, 0.2) is 78.9 Å². The highest BCUT2D eigenvalue weighted by Crippen LogP contribution is 2.33. The number of methoxy groups -OCH3 is 1. The number of carboxylic acid groups (broad SMARTS) is 1. The first-order chi connectivity index (χ1) is 20.4. The number of aryl methyl sites for hydroxylation is 1. The van der Waals surface area contributed by atoms with Gasteiger partial charge in [0.25, 0.3) is 0 Å². The minimum Gasteiger partial charge on any atom is -0.496 e. The van der Waals surface area contributed by atoms with E-state index in [4.69, 9.17) is 4.74 Å². The Morgan fingerprint density at radius 1 is 1.02 bits per heavy atom. The molecule has 6 nitrogen and oxygen atoms in total. The molecule has 0 amide bonds. The summed E-state index contributed by atoms with van der Waals surface area (Å²) in [5, 5.41) is 16.1. The fourth-order valence-electron chi connectivity index (χ4n) is 6.44. The van der Waals surface area contributed by atoms with E-state index < -0.39 is 5.97 Å². The van der Waals surface area contributed by atoms with Crippen LogP contribution in [0.2, 0.25) is 0 Å². The van der Waals surface area contributed by atoms with Crippen LogP contribution < -0.4 is 10.1 Å². The van der Waals surface area contributed by atoms with Crippen molar-refractivity contribution in [2.75, 3.05) is 7.11 Å². The predicted octanol–water partition coefficient (Wildman–Crippen LogP) is 6.49. The number of carboxylic acids is 1. The van der Waals surface area contributed by atoms with Gasteiger partial charge in [-0.15, -0.1) is 0 Å². The number of carbonyl (C=O) groups excluding carboxylic acids is 1. The fourth-order valence-corrected chi connectivity index (χ4v) is 6.44. The number of hydrogen-bond donors (Lipinski definition) is 2. The van der Waals surface area contributed by atoms with Gasteiger partial charge in [0.2, 0.25) is 0 Å². The van der Waals surface area contributed by atoms with Crippen LogP contribution >= 0.6 is 0 Å². The number of aliphatic carboxylic acids is 1. The summed E-state index contributed by atoms with van der Waals surface area (Å²) in [4.78, 5) is 25.2. The van der Waals surface area contributed by atoms with Crippen molar-refractivity contribution in [2.24, 2.45) is 0 Å². The van der Waals surface area contributed by atoms with Crippen LogP contribution in [0.25, 0.3) is 21.7 Å². The summed E-state index contributed by atoms with van der Waals surface area (Å²) in [6.07, 6.45) is 3.12. The molecule has 1 aliphatic carbocycles. The first-order valence-corrected chi connectivity index (χ1v) is 14.3. The van der Waals surface area contributed by atoms with Crippen LogP contribution in [-0.2, 0) is 37.1 Å². The molecular weight excluding hydrogens is 531 g/mol. The Morgan fingerprint density at radius 3 is 2.67 bits per heavy atom. The van der Waals surface area contributed by atoms with Crippen LogP contribution in [0.4, 0.5) is 4.39 Å². The molecule has 0 fully saturated rings. The summed E-state index contributed by atoms with van der Waals surface area (Å²) < 4.78 is 21.5. The van der Waals surface area contributed by atoms with Gasteiger partial charge in [0, 0.05) is 41.2 Å². The number of fused-ring (bicyclic) bond motifs is 4. The van der Waals surface area contributed by atoms with Gasteiger partial charge in [0.05, 0.1) is 7.11 Å². The van der Waals surface area contributed by atoms with Crippen molar-refractivity contribution >= 4 is 33.4 Å². The predicted molar refractivity (Wildman–Crippen MR) is 162 cm³/mol. The summed E-state index contributed by atoms with van der Waals surface area (Å²) in [6.45, 7) is 0.366. The number of ether oxygens (including phenoxy) is 1. The van der Waals surface area contributed by atoms with Crippen molar-refractivity contribution in [1.82, 2.24) is 9.88 Å². The highest BCUT2D eigenvalue weighted by Gasteiger charge is 2.27. The Balaban J connectivity index is 1.26. The number of rotatable bonds is 10. The van der Waals surface area contributed by atoms with Crippen molar-refractivity contribution in [3.05, 3.63) is 113 Å². The average Bonchev–Trinajstić information content (AvgIpc) is 3.29. The van der Waals surface area contributed by atoms with Gasteiger partial charge in [-0.2, -0.15) is 0 Å².